The summed E-state index contributed by atoms with van der Waals surface area (Å²) in [7, 11) is 0. The van der Waals surface area contributed by atoms with Crippen molar-refractivity contribution in [3.8, 4) is 0 Å². The summed E-state index contributed by atoms with van der Waals surface area (Å²) >= 11 is 0. The van der Waals surface area contributed by atoms with Crippen LogP contribution in [-0.2, 0) is 0 Å². The summed E-state index contributed by atoms with van der Waals surface area (Å²) in [5.41, 5.74) is 1.88. The molecule has 4 heteroatoms. The van der Waals surface area contributed by atoms with E-state index in [0.29, 0.717) is 5.56 Å². The van der Waals surface area contributed by atoms with Gasteiger partial charge in [0.1, 0.15) is 11.6 Å². The summed E-state index contributed by atoms with van der Waals surface area (Å²) in [5, 5.41) is 3.30. The van der Waals surface area contributed by atoms with Crippen molar-refractivity contribution < 1.29 is 8.78 Å². The molecule has 0 saturated carbocycles. The van der Waals surface area contributed by atoms with E-state index in [1.165, 1.54) is 17.7 Å². The van der Waals surface area contributed by atoms with E-state index in [4.69, 9.17) is 0 Å². The van der Waals surface area contributed by atoms with Gasteiger partial charge in [0.05, 0.1) is 0 Å². The van der Waals surface area contributed by atoms with Crippen LogP contribution in [0.3, 0.4) is 0 Å². The van der Waals surface area contributed by atoms with E-state index in [-0.39, 0.29) is 12.4 Å². The summed E-state index contributed by atoms with van der Waals surface area (Å²) < 4.78 is 26.0. The Hall–Kier alpha value is -0.930. The third-order valence-electron chi connectivity index (χ3n) is 2.73. The highest BCUT2D eigenvalue weighted by Gasteiger charge is 2.04. The Bertz CT molecular complexity index is 374. The Morgan fingerprint density at radius 1 is 1.00 bits per heavy atom. The third-order valence-corrected chi connectivity index (χ3v) is 2.73. The molecule has 1 aromatic carbocycles. The fraction of sp³-hybridized carbons (Fsp3) is 0.385. The van der Waals surface area contributed by atoms with Gasteiger partial charge >= 0.3 is 0 Å². The molecular formula is C13H16ClF2N. The molecular weight excluding hydrogens is 244 g/mol. The molecule has 0 bridgehead atoms. The first kappa shape index (κ1) is 14.1. The first-order valence-corrected chi connectivity index (χ1v) is 5.60. The Labute approximate surface area is 106 Å². The van der Waals surface area contributed by atoms with Crippen LogP contribution in [0.1, 0.15) is 24.8 Å². The van der Waals surface area contributed by atoms with Gasteiger partial charge in [0, 0.05) is 6.07 Å². The van der Waals surface area contributed by atoms with Gasteiger partial charge in [0.2, 0.25) is 0 Å². The smallest absolute Gasteiger partial charge is 0.126 e. The molecule has 1 nitrogen and oxygen atoms in total. The molecule has 0 unspecified atom stereocenters. The monoisotopic (exact) mass is 259 g/mol. The van der Waals surface area contributed by atoms with Crippen LogP contribution < -0.4 is 5.32 Å². The normalized spacial score (nSPS) is 18.6. The Morgan fingerprint density at radius 3 is 2.41 bits per heavy atom. The summed E-state index contributed by atoms with van der Waals surface area (Å²) in [6, 6.07) is 3.64. The molecule has 1 saturated heterocycles. The maximum absolute atomic E-state index is 13.0. The molecule has 1 aromatic rings. The minimum atomic E-state index is -0.515. The van der Waals surface area contributed by atoms with Crippen LogP contribution in [0, 0.1) is 11.6 Å². The predicted octanol–water partition coefficient (Wildman–Crippen LogP) is 3.54. The number of nitrogens with one attached hydrogen (secondary N) is 1. The molecule has 0 aromatic heterocycles. The van der Waals surface area contributed by atoms with Crippen LogP contribution in [0.15, 0.2) is 23.8 Å². The topological polar surface area (TPSA) is 12.0 Å². The average Bonchev–Trinajstić information content (AvgIpc) is 2.44. The van der Waals surface area contributed by atoms with Crippen LogP contribution in [0.4, 0.5) is 8.78 Å². The Kier molecular flexibility index (Phi) is 5.59. The molecule has 1 N–H and O–H groups in total. The van der Waals surface area contributed by atoms with Crippen molar-refractivity contribution in [2.45, 2.75) is 19.3 Å². The zero-order valence-corrected chi connectivity index (χ0v) is 10.3. The first-order chi connectivity index (χ1) is 7.74. The molecule has 0 spiro atoms. The van der Waals surface area contributed by atoms with E-state index in [0.717, 1.165) is 38.4 Å². The van der Waals surface area contributed by atoms with Gasteiger partial charge in [-0.1, -0.05) is 11.6 Å². The molecule has 1 heterocycles. The highest BCUT2D eigenvalue weighted by atomic mass is 35.5. The molecule has 1 aliphatic heterocycles. The van der Waals surface area contributed by atoms with Crippen molar-refractivity contribution in [3.05, 3.63) is 41.0 Å². The van der Waals surface area contributed by atoms with Crippen LogP contribution in [0.25, 0.3) is 6.08 Å². The second kappa shape index (κ2) is 6.72. The van der Waals surface area contributed by atoms with Gasteiger partial charge in [-0.3, -0.25) is 0 Å². The molecule has 1 aliphatic rings. The zero-order valence-electron chi connectivity index (χ0n) is 9.51. The van der Waals surface area contributed by atoms with Crippen molar-refractivity contribution in [3.63, 3.8) is 0 Å². The van der Waals surface area contributed by atoms with Crippen molar-refractivity contribution >= 4 is 18.5 Å². The van der Waals surface area contributed by atoms with E-state index in [1.54, 1.807) is 0 Å². The lowest BCUT2D eigenvalue weighted by Gasteiger charge is -2.02. The number of halogens is 3. The molecule has 17 heavy (non-hydrogen) atoms. The van der Waals surface area contributed by atoms with Crippen molar-refractivity contribution in [2.75, 3.05) is 13.1 Å². The van der Waals surface area contributed by atoms with Gasteiger partial charge in [-0.25, -0.2) is 8.78 Å². The average molecular weight is 260 g/mol. The molecule has 2 rings (SSSR count). The second-order valence-electron chi connectivity index (χ2n) is 4.11. The lowest BCUT2D eigenvalue weighted by Crippen LogP contribution is -2.13. The number of benzene rings is 1. The molecule has 0 aliphatic carbocycles. The van der Waals surface area contributed by atoms with Crippen LogP contribution in [0.5, 0.6) is 0 Å². The van der Waals surface area contributed by atoms with E-state index < -0.39 is 11.6 Å². The Balaban J connectivity index is 0.00000144. The number of hydrogen-bond acceptors (Lipinski definition) is 1. The van der Waals surface area contributed by atoms with Gasteiger partial charge in [-0.2, -0.15) is 0 Å². The standard InChI is InChI=1S/C13H15F2N.ClH/c14-12-7-11(8-13(15)9-12)6-10-2-1-4-16-5-3-10;/h6-9,16H,1-5H2;1H/b10-6-;. The summed E-state index contributed by atoms with van der Waals surface area (Å²) in [6.07, 6.45) is 4.95. The van der Waals surface area contributed by atoms with Crippen LogP contribution in [-0.4, -0.2) is 13.1 Å². The van der Waals surface area contributed by atoms with E-state index in [1.807, 2.05) is 6.08 Å². The number of rotatable bonds is 1. The van der Waals surface area contributed by atoms with Gasteiger partial charge in [0.25, 0.3) is 0 Å². The quantitative estimate of drug-likeness (QED) is 0.813. The van der Waals surface area contributed by atoms with Crippen molar-refractivity contribution in [2.24, 2.45) is 0 Å². The van der Waals surface area contributed by atoms with E-state index in [9.17, 15) is 8.78 Å². The largest absolute Gasteiger partial charge is 0.316 e. The molecule has 94 valence electrons. The fourth-order valence-electron chi connectivity index (χ4n) is 1.98. The highest BCUT2D eigenvalue weighted by Crippen LogP contribution is 2.18. The zero-order chi connectivity index (χ0) is 11.4. The van der Waals surface area contributed by atoms with Crippen molar-refractivity contribution in [1.82, 2.24) is 5.32 Å². The lowest BCUT2D eigenvalue weighted by molar-refractivity contribution is 0.583. The Morgan fingerprint density at radius 2 is 1.71 bits per heavy atom. The summed E-state index contributed by atoms with van der Waals surface area (Å²) in [6.45, 7) is 1.97. The van der Waals surface area contributed by atoms with Crippen molar-refractivity contribution in [1.29, 1.82) is 0 Å². The maximum atomic E-state index is 13.0. The molecule has 1 fully saturated rings. The van der Waals surface area contributed by atoms with E-state index >= 15 is 0 Å². The van der Waals surface area contributed by atoms with Crippen LogP contribution >= 0.6 is 12.4 Å². The minimum absolute atomic E-state index is 0. The molecule has 0 radical (unpaired) electrons. The van der Waals surface area contributed by atoms with Gasteiger partial charge in [-0.05, 0) is 50.0 Å². The van der Waals surface area contributed by atoms with E-state index in [2.05, 4.69) is 5.32 Å². The molecule has 0 atom stereocenters. The highest BCUT2D eigenvalue weighted by molar-refractivity contribution is 5.85. The second-order valence-corrected chi connectivity index (χ2v) is 4.11. The summed E-state index contributed by atoms with van der Waals surface area (Å²) in [5.74, 6) is -1.03. The third kappa shape index (κ3) is 4.44. The van der Waals surface area contributed by atoms with Gasteiger partial charge in [0.15, 0.2) is 0 Å². The lowest BCUT2D eigenvalue weighted by atomic mass is 10.0. The molecule has 0 amide bonds. The maximum Gasteiger partial charge on any atom is 0.126 e. The predicted molar refractivity (Wildman–Crippen MR) is 68.3 cm³/mol. The SMILES string of the molecule is Cl.Fc1cc(F)cc(/C=C2/CCCNCC2)c1. The number of hydrogen-bond donors (Lipinski definition) is 1. The fourth-order valence-corrected chi connectivity index (χ4v) is 1.98. The first-order valence-electron chi connectivity index (χ1n) is 5.60. The van der Waals surface area contributed by atoms with Gasteiger partial charge in [-0.15, -0.1) is 12.4 Å². The minimum Gasteiger partial charge on any atom is -0.316 e. The summed E-state index contributed by atoms with van der Waals surface area (Å²) in [4.78, 5) is 0. The van der Waals surface area contributed by atoms with Crippen LogP contribution in [0.2, 0.25) is 0 Å². The van der Waals surface area contributed by atoms with Gasteiger partial charge < -0.3 is 5.32 Å².